The van der Waals surface area contributed by atoms with Crippen LogP contribution in [-0.2, 0) is 0 Å². The molecular formula is C15H21N5O2S. The minimum absolute atomic E-state index is 0.351. The summed E-state index contributed by atoms with van der Waals surface area (Å²) < 4.78 is 0. The largest absolute Gasteiger partial charge is 0.465 e. The van der Waals surface area contributed by atoms with Crippen molar-refractivity contribution >= 4 is 34.5 Å². The lowest BCUT2D eigenvalue weighted by molar-refractivity contribution is 0.188. The second kappa shape index (κ2) is 8.33. The number of hydrogen-bond donors (Lipinski definition) is 5. The van der Waals surface area contributed by atoms with E-state index in [1.165, 1.54) is 0 Å². The van der Waals surface area contributed by atoms with Gasteiger partial charge in [-0.2, -0.15) is 0 Å². The SMILES string of the molecule is CNC(=S)NCCCCC(NC(=O)O)c1nc2ccccc2[nH]1. The first-order chi connectivity index (χ1) is 11.1. The van der Waals surface area contributed by atoms with E-state index in [2.05, 4.69) is 25.9 Å². The van der Waals surface area contributed by atoms with Gasteiger partial charge in [0.05, 0.1) is 17.1 Å². The molecule has 7 nitrogen and oxygen atoms in total. The highest BCUT2D eigenvalue weighted by atomic mass is 32.1. The van der Waals surface area contributed by atoms with Crippen LogP contribution in [0.15, 0.2) is 24.3 Å². The third kappa shape index (κ3) is 5.10. The molecule has 0 spiro atoms. The number of nitrogens with zero attached hydrogens (tertiary/aromatic N) is 1. The van der Waals surface area contributed by atoms with Crippen LogP contribution in [0.3, 0.4) is 0 Å². The summed E-state index contributed by atoms with van der Waals surface area (Å²) in [7, 11) is 1.77. The molecule has 0 fully saturated rings. The number of hydrogen-bond acceptors (Lipinski definition) is 3. The van der Waals surface area contributed by atoms with E-state index < -0.39 is 6.09 Å². The van der Waals surface area contributed by atoms with Crippen molar-refractivity contribution in [2.24, 2.45) is 0 Å². The number of amides is 1. The van der Waals surface area contributed by atoms with Gasteiger partial charge in [-0.1, -0.05) is 12.1 Å². The van der Waals surface area contributed by atoms with Crippen LogP contribution >= 0.6 is 12.2 Å². The highest BCUT2D eigenvalue weighted by Gasteiger charge is 2.17. The van der Waals surface area contributed by atoms with Crippen LogP contribution in [-0.4, -0.2) is 39.9 Å². The fourth-order valence-corrected chi connectivity index (χ4v) is 2.43. The van der Waals surface area contributed by atoms with E-state index in [-0.39, 0.29) is 6.04 Å². The topological polar surface area (TPSA) is 102 Å². The van der Waals surface area contributed by atoms with Gasteiger partial charge in [0.2, 0.25) is 0 Å². The van der Waals surface area contributed by atoms with Crippen LogP contribution in [0.2, 0.25) is 0 Å². The molecule has 5 N–H and O–H groups in total. The van der Waals surface area contributed by atoms with E-state index in [1.54, 1.807) is 7.05 Å². The standard InChI is InChI=1S/C15H21N5O2S/c1-16-14(23)17-9-5-4-8-12(20-15(21)22)13-18-10-6-2-3-7-11(10)19-13/h2-3,6-7,12,20H,4-5,8-9H2,1H3,(H,18,19)(H,21,22)(H2,16,17,23). The highest BCUT2D eigenvalue weighted by molar-refractivity contribution is 7.80. The highest BCUT2D eigenvalue weighted by Crippen LogP contribution is 2.20. The van der Waals surface area contributed by atoms with Gasteiger partial charge in [0, 0.05) is 13.6 Å². The van der Waals surface area contributed by atoms with Gasteiger partial charge in [0.15, 0.2) is 5.11 Å². The van der Waals surface area contributed by atoms with Crippen molar-refractivity contribution in [3.05, 3.63) is 30.1 Å². The van der Waals surface area contributed by atoms with Crippen LogP contribution in [0, 0.1) is 0 Å². The smallest absolute Gasteiger partial charge is 0.405 e. The Bertz CT molecular complexity index is 640. The van der Waals surface area contributed by atoms with Crippen molar-refractivity contribution < 1.29 is 9.90 Å². The van der Waals surface area contributed by atoms with Gasteiger partial charge in [-0.05, 0) is 43.6 Å². The van der Waals surface area contributed by atoms with Crippen molar-refractivity contribution in [1.82, 2.24) is 25.9 Å². The van der Waals surface area contributed by atoms with E-state index in [4.69, 9.17) is 17.3 Å². The van der Waals surface area contributed by atoms with Gasteiger partial charge in [-0.25, -0.2) is 9.78 Å². The Morgan fingerprint density at radius 1 is 1.39 bits per heavy atom. The molecule has 2 aromatic rings. The molecule has 0 saturated carbocycles. The summed E-state index contributed by atoms with van der Waals surface area (Å²) in [4.78, 5) is 18.7. The van der Waals surface area contributed by atoms with E-state index >= 15 is 0 Å². The van der Waals surface area contributed by atoms with Crippen LogP contribution in [0.4, 0.5) is 4.79 Å². The molecule has 0 saturated heterocycles. The quantitative estimate of drug-likeness (QED) is 0.392. The number of carbonyl (C=O) groups is 1. The predicted octanol–water partition coefficient (Wildman–Crippen LogP) is 2.14. The molecule has 0 aliphatic heterocycles. The average Bonchev–Trinajstić information content (AvgIpc) is 2.96. The molecule has 23 heavy (non-hydrogen) atoms. The Kier molecular flexibility index (Phi) is 6.16. The zero-order chi connectivity index (χ0) is 16.7. The summed E-state index contributed by atoms with van der Waals surface area (Å²) in [5.74, 6) is 0.646. The van der Waals surface area contributed by atoms with E-state index in [0.717, 1.165) is 30.4 Å². The Morgan fingerprint density at radius 3 is 2.87 bits per heavy atom. The Labute approximate surface area is 139 Å². The van der Waals surface area contributed by atoms with Crippen molar-refractivity contribution in [3.8, 4) is 0 Å². The maximum absolute atomic E-state index is 11.0. The van der Waals surface area contributed by atoms with Gasteiger partial charge >= 0.3 is 6.09 Å². The average molecular weight is 335 g/mol. The second-order valence-electron chi connectivity index (χ2n) is 5.14. The first-order valence-corrected chi connectivity index (χ1v) is 7.90. The minimum atomic E-state index is -1.05. The molecule has 0 aliphatic carbocycles. The maximum atomic E-state index is 11.0. The number of carboxylic acid groups (broad SMARTS) is 1. The lowest BCUT2D eigenvalue weighted by Gasteiger charge is -2.14. The molecule has 1 amide bonds. The van der Waals surface area contributed by atoms with Crippen molar-refractivity contribution in [3.63, 3.8) is 0 Å². The predicted molar refractivity (Wildman–Crippen MR) is 93.5 cm³/mol. The van der Waals surface area contributed by atoms with Gasteiger partial charge in [-0.3, -0.25) is 0 Å². The number of H-pyrrole nitrogens is 1. The summed E-state index contributed by atoms with van der Waals surface area (Å²) in [6.45, 7) is 0.750. The molecule has 1 heterocycles. The van der Waals surface area contributed by atoms with Crippen molar-refractivity contribution in [1.29, 1.82) is 0 Å². The summed E-state index contributed by atoms with van der Waals surface area (Å²) in [6.07, 6.45) is 1.35. The van der Waals surface area contributed by atoms with Crippen LogP contribution in [0.25, 0.3) is 11.0 Å². The molecule has 1 atom stereocenters. The molecule has 0 aliphatic rings. The van der Waals surface area contributed by atoms with Gasteiger partial charge in [0.1, 0.15) is 5.82 Å². The number of unbranched alkanes of at least 4 members (excludes halogenated alkanes) is 1. The fourth-order valence-electron chi connectivity index (χ4n) is 2.33. The molecule has 0 radical (unpaired) electrons. The lowest BCUT2D eigenvalue weighted by atomic mass is 10.1. The zero-order valence-corrected chi connectivity index (χ0v) is 13.7. The van der Waals surface area contributed by atoms with E-state index in [0.29, 0.717) is 17.4 Å². The van der Waals surface area contributed by atoms with Crippen molar-refractivity contribution in [2.75, 3.05) is 13.6 Å². The molecule has 1 aromatic carbocycles. The number of aromatic nitrogens is 2. The molecule has 0 bridgehead atoms. The second-order valence-corrected chi connectivity index (χ2v) is 5.55. The lowest BCUT2D eigenvalue weighted by Crippen LogP contribution is -2.33. The Morgan fingerprint density at radius 2 is 2.17 bits per heavy atom. The number of nitrogens with one attached hydrogen (secondary N) is 4. The van der Waals surface area contributed by atoms with Crippen molar-refractivity contribution in [2.45, 2.75) is 25.3 Å². The van der Waals surface area contributed by atoms with Crippen LogP contribution in [0.5, 0.6) is 0 Å². The Balaban J connectivity index is 1.94. The van der Waals surface area contributed by atoms with Gasteiger partial charge in [-0.15, -0.1) is 0 Å². The third-order valence-electron chi connectivity index (χ3n) is 3.47. The van der Waals surface area contributed by atoms with E-state index in [1.807, 2.05) is 24.3 Å². The first kappa shape index (κ1) is 17.0. The molecule has 2 rings (SSSR count). The van der Waals surface area contributed by atoms with E-state index in [9.17, 15) is 4.79 Å². The van der Waals surface area contributed by atoms with Gasteiger partial charge < -0.3 is 26.0 Å². The fraction of sp³-hybridized carbons (Fsp3) is 0.400. The minimum Gasteiger partial charge on any atom is -0.465 e. The number of rotatable bonds is 7. The van der Waals surface area contributed by atoms with Crippen LogP contribution < -0.4 is 16.0 Å². The number of thiocarbonyl (C=S) groups is 1. The third-order valence-corrected chi connectivity index (χ3v) is 3.82. The Hall–Kier alpha value is -2.35. The first-order valence-electron chi connectivity index (χ1n) is 7.50. The number of aromatic amines is 1. The zero-order valence-electron chi connectivity index (χ0n) is 12.9. The molecular weight excluding hydrogens is 314 g/mol. The summed E-state index contributed by atoms with van der Waals surface area (Å²) in [5.41, 5.74) is 1.74. The summed E-state index contributed by atoms with van der Waals surface area (Å²) in [5, 5.41) is 18.1. The monoisotopic (exact) mass is 335 g/mol. The number of benzene rings is 1. The number of imidazole rings is 1. The number of para-hydroxylation sites is 2. The molecule has 124 valence electrons. The normalized spacial score (nSPS) is 11.9. The summed E-state index contributed by atoms with van der Waals surface area (Å²) >= 11 is 5.00. The molecule has 8 heteroatoms. The maximum Gasteiger partial charge on any atom is 0.405 e. The molecule has 1 unspecified atom stereocenters. The summed E-state index contributed by atoms with van der Waals surface area (Å²) in [6, 6.07) is 7.29. The van der Waals surface area contributed by atoms with Crippen LogP contribution in [0.1, 0.15) is 31.1 Å². The number of fused-ring (bicyclic) bond motifs is 1. The van der Waals surface area contributed by atoms with Gasteiger partial charge in [0.25, 0.3) is 0 Å². The molecule has 1 aromatic heterocycles.